The molecule has 5 heteroatoms. The van der Waals surface area contributed by atoms with E-state index in [-0.39, 0.29) is 11.4 Å². The van der Waals surface area contributed by atoms with Crippen molar-refractivity contribution >= 4 is 18.0 Å². The number of nitrogens with one attached hydrogen (secondary N) is 2. The lowest BCUT2D eigenvalue weighted by molar-refractivity contribution is -0.107. The van der Waals surface area contributed by atoms with E-state index in [2.05, 4.69) is 31.4 Å². The average Bonchev–Trinajstić information content (AvgIpc) is 2.63. The van der Waals surface area contributed by atoms with Crippen LogP contribution in [-0.4, -0.2) is 31.3 Å². The molecule has 0 radical (unpaired) electrons. The Bertz CT molecular complexity index is 398. The van der Waals surface area contributed by atoms with Crippen LogP contribution in [0.15, 0.2) is 35.0 Å². The highest BCUT2D eigenvalue weighted by Crippen LogP contribution is 2.24. The van der Waals surface area contributed by atoms with Crippen LogP contribution in [0.3, 0.4) is 0 Å². The Morgan fingerprint density at radius 2 is 2.14 bits per heavy atom. The zero-order valence-electron chi connectivity index (χ0n) is 14.1. The van der Waals surface area contributed by atoms with Crippen molar-refractivity contribution in [3.8, 4) is 0 Å². The highest BCUT2D eigenvalue weighted by atomic mass is 32.2. The van der Waals surface area contributed by atoms with Gasteiger partial charge in [-0.3, -0.25) is 0 Å². The molecular weight excluding hydrogens is 299 g/mol. The maximum absolute atomic E-state index is 13.1. The van der Waals surface area contributed by atoms with E-state index < -0.39 is 0 Å². The van der Waals surface area contributed by atoms with Gasteiger partial charge in [0.2, 0.25) is 0 Å². The lowest BCUT2D eigenvalue weighted by Gasteiger charge is -2.20. The number of rotatable bonds is 7. The van der Waals surface area contributed by atoms with E-state index in [1.807, 2.05) is 13.1 Å². The highest BCUT2D eigenvalue weighted by molar-refractivity contribution is 8.03. The van der Waals surface area contributed by atoms with Crippen LogP contribution in [0, 0.1) is 0 Å². The molecule has 22 heavy (non-hydrogen) atoms. The predicted octanol–water partition coefficient (Wildman–Crippen LogP) is 3.95. The van der Waals surface area contributed by atoms with E-state index in [0.717, 1.165) is 36.5 Å². The van der Waals surface area contributed by atoms with E-state index in [4.69, 9.17) is 0 Å². The van der Waals surface area contributed by atoms with Gasteiger partial charge in [-0.1, -0.05) is 12.2 Å². The normalized spacial score (nSPS) is 14.4. The summed E-state index contributed by atoms with van der Waals surface area (Å²) in [7, 11) is 1.88. The van der Waals surface area contributed by atoms with Crippen LogP contribution in [0.5, 0.6) is 0 Å². The smallest absolute Gasteiger partial charge is 0.123 e. The number of carbonyl (C=O) groups is 1. The summed E-state index contributed by atoms with van der Waals surface area (Å²) in [5.74, 6) is 0.651. The lowest BCUT2D eigenvalue weighted by atomic mass is 10.1. The average molecular weight is 328 g/mol. The van der Waals surface area contributed by atoms with E-state index in [1.54, 1.807) is 23.9 Å². The van der Waals surface area contributed by atoms with Crippen LogP contribution in [0.4, 0.5) is 4.39 Å². The van der Waals surface area contributed by atoms with Crippen LogP contribution in [-0.2, 0) is 4.79 Å². The molecule has 0 heterocycles. The Morgan fingerprint density at radius 3 is 2.73 bits per heavy atom. The number of aldehydes is 1. The van der Waals surface area contributed by atoms with Crippen molar-refractivity contribution in [1.82, 2.24) is 10.6 Å². The fraction of sp³-hybridized carbons (Fsp3) is 0.588. The summed E-state index contributed by atoms with van der Waals surface area (Å²) in [4.78, 5) is 10.7. The topological polar surface area (TPSA) is 41.1 Å². The molecule has 0 amide bonds. The highest BCUT2D eigenvalue weighted by Gasteiger charge is 2.08. The van der Waals surface area contributed by atoms with E-state index >= 15 is 0 Å². The third kappa shape index (κ3) is 14.0. The number of allylic oxidation sites excluding steroid dienone is 6. The molecule has 3 nitrogen and oxygen atoms in total. The van der Waals surface area contributed by atoms with Gasteiger partial charge >= 0.3 is 0 Å². The summed E-state index contributed by atoms with van der Waals surface area (Å²) >= 11 is 1.66. The van der Waals surface area contributed by atoms with Crippen molar-refractivity contribution in [3.63, 3.8) is 0 Å². The number of hydrogen-bond donors (Lipinski definition) is 2. The van der Waals surface area contributed by atoms with Gasteiger partial charge in [0.25, 0.3) is 0 Å². The molecule has 0 aromatic rings. The lowest BCUT2D eigenvalue weighted by Crippen LogP contribution is -2.35. The van der Waals surface area contributed by atoms with Gasteiger partial charge in [0.05, 0.1) is 0 Å². The molecule has 0 fully saturated rings. The van der Waals surface area contributed by atoms with Crippen LogP contribution < -0.4 is 10.6 Å². The molecular formula is C17H29FN2OS. The summed E-state index contributed by atoms with van der Waals surface area (Å²) in [5.41, 5.74) is 0.114. The predicted molar refractivity (Wildman–Crippen MR) is 95.6 cm³/mol. The van der Waals surface area contributed by atoms with Crippen molar-refractivity contribution in [3.05, 3.63) is 35.0 Å². The maximum atomic E-state index is 13.1. The summed E-state index contributed by atoms with van der Waals surface area (Å²) in [6.07, 6.45) is 10.2. The molecule has 0 atom stereocenters. The second kappa shape index (κ2) is 12.6. The summed E-state index contributed by atoms with van der Waals surface area (Å²) in [6, 6.07) is 0. The first-order valence-electron chi connectivity index (χ1n) is 7.58. The van der Waals surface area contributed by atoms with Gasteiger partial charge in [-0.05, 0) is 64.3 Å². The Labute approximate surface area is 138 Å². The van der Waals surface area contributed by atoms with E-state index in [0.29, 0.717) is 6.42 Å². The van der Waals surface area contributed by atoms with Crippen LogP contribution in [0.2, 0.25) is 0 Å². The van der Waals surface area contributed by atoms with E-state index in [9.17, 15) is 9.18 Å². The fourth-order valence-electron chi connectivity index (χ4n) is 1.41. The van der Waals surface area contributed by atoms with Crippen molar-refractivity contribution in [2.75, 3.05) is 19.5 Å². The summed E-state index contributed by atoms with van der Waals surface area (Å²) in [5, 5.41) is 6.30. The monoisotopic (exact) mass is 328 g/mol. The number of halogens is 1. The van der Waals surface area contributed by atoms with Crippen molar-refractivity contribution in [1.29, 1.82) is 0 Å². The molecule has 0 aromatic heterocycles. The third-order valence-electron chi connectivity index (χ3n) is 2.62. The van der Waals surface area contributed by atoms with Crippen LogP contribution >= 0.6 is 11.8 Å². The van der Waals surface area contributed by atoms with Gasteiger partial charge in [-0.25, -0.2) is 4.39 Å². The molecule has 0 saturated heterocycles. The maximum Gasteiger partial charge on any atom is 0.123 e. The van der Waals surface area contributed by atoms with Crippen LogP contribution in [0.1, 0.15) is 40.0 Å². The van der Waals surface area contributed by atoms with Gasteiger partial charge in [-0.2, -0.15) is 0 Å². The van der Waals surface area contributed by atoms with Crippen molar-refractivity contribution in [2.24, 2.45) is 0 Å². The minimum absolute atomic E-state index is 0.114. The SMILES string of the molecule is CC(C)(C)NCSC1=CC(F)=CC=CC1.CNCCCC=O. The molecule has 0 unspecified atom stereocenters. The minimum atomic E-state index is -0.165. The minimum Gasteiger partial charge on any atom is -0.320 e. The zero-order chi connectivity index (χ0) is 16.8. The molecule has 0 aromatic carbocycles. The standard InChI is InChI=1S/C12H18FNS.C5H11NO/c1-12(2,3)14-9-15-11-7-5-4-6-10(13)8-11;1-6-4-2-3-5-7/h4-6,8,14H,7,9H2,1-3H3;5-6H,2-4H2,1H3. The molecule has 1 aliphatic rings. The number of unbranched alkanes of at least 4 members (excludes halogenated alkanes) is 1. The molecule has 2 N–H and O–H groups in total. The first-order valence-corrected chi connectivity index (χ1v) is 8.56. The summed E-state index contributed by atoms with van der Waals surface area (Å²) in [6.45, 7) is 7.30. The van der Waals surface area contributed by atoms with Gasteiger partial charge in [0.15, 0.2) is 0 Å². The fourth-order valence-corrected chi connectivity index (χ4v) is 2.51. The second-order valence-electron chi connectivity index (χ2n) is 5.92. The van der Waals surface area contributed by atoms with Crippen LogP contribution in [0.25, 0.3) is 0 Å². The number of hydrogen-bond acceptors (Lipinski definition) is 4. The zero-order valence-corrected chi connectivity index (χ0v) is 14.9. The summed E-state index contributed by atoms with van der Waals surface area (Å²) < 4.78 is 13.1. The molecule has 1 aliphatic carbocycles. The Balaban J connectivity index is 0.000000534. The second-order valence-corrected chi connectivity index (χ2v) is 7.02. The van der Waals surface area contributed by atoms with Gasteiger partial charge in [0.1, 0.15) is 12.1 Å². The molecule has 0 bridgehead atoms. The van der Waals surface area contributed by atoms with Gasteiger partial charge in [-0.15, -0.1) is 11.8 Å². The van der Waals surface area contributed by atoms with Gasteiger partial charge < -0.3 is 15.4 Å². The molecule has 0 spiro atoms. The Hall–Kier alpha value is -0.910. The molecule has 0 aliphatic heterocycles. The Kier molecular flexibility index (Phi) is 12.1. The Morgan fingerprint density at radius 1 is 1.41 bits per heavy atom. The first-order chi connectivity index (χ1) is 10.4. The molecule has 1 rings (SSSR count). The largest absolute Gasteiger partial charge is 0.320 e. The number of thioether (sulfide) groups is 1. The van der Waals surface area contributed by atoms with E-state index in [1.165, 1.54) is 6.08 Å². The first kappa shape index (κ1) is 21.1. The van der Waals surface area contributed by atoms with Gasteiger partial charge in [0, 0.05) is 17.8 Å². The molecule has 126 valence electrons. The molecule has 0 saturated carbocycles. The third-order valence-corrected chi connectivity index (χ3v) is 3.56. The van der Waals surface area contributed by atoms with Crippen molar-refractivity contribution < 1.29 is 9.18 Å². The van der Waals surface area contributed by atoms with Crippen molar-refractivity contribution in [2.45, 2.75) is 45.6 Å². The number of carbonyl (C=O) groups excluding carboxylic acids is 1. The quantitative estimate of drug-likeness (QED) is 0.422.